The van der Waals surface area contributed by atoms with Crippen molar-refractivity contribution >= 4 is 16.7 Å². The zero-order chi connectivity index (χ0) is 11.5. The molecule has 0 bridgehead atoms. The quantitative estimate of drug-likeness (QED) is 0.852. The predicted molar refractivity (Wildman–Crippen MR) is 64.6 cm³/mol. The van der Waals surface area contributed by atoms with E-state index in [1.807, 2.05) is 18.2 Å². The lowest BCUT2D eigenvalue weighted by Gasteiger charge is -2.08. The van der Waals surface area contributed by atoms with Crippen LogP contribution >= 0.6 is 0 Å². The average molecular weight is 214 g/mol. The summed E-state index contributed by atoms with van der Waals surface area (Å²) in [6, 6.07) is 12.3. The lowest BCUT2D eigenvalue weighted by Crippen LogP contribution is -1.99. The Morgan fingerprint density at radius 3 is 2.69 bits per heavy atom. The van der Waals surface area contributed by atoms with Crippen LogP contribution in [-0.2, 0) is 11.2 Å². The van der Waals surface area contributed by atoms with Gasteiger partial charge in [-0.1, -0.05) is 36.4 Å². The highest BCUT2D eigenvalue weighted by Crippen LogP contribution is 2.22. The molecule has 16 heavy (non-hydrogen) atoms. The smallest absolute Gasteiger partial charge is 0.303 e. The molecule has 0 aromatic heterocycles. The maximum atomic E-state index is 10.5. The van der Waals surface area contributed by atoms with Crippen LogP contribution in [0.3, 0.4) is 0 Å². The first-order valence-corrected chi connectivity index (χ1v) is 5.37. The van der Waals surface area contributed by atoms with Gasteiger partial charge in [0.2, 0.25) is 0 Å². The predicted octanol–water partition coefficient (Wildman–Crippen LogP) is 3.17. The molecule has 0 saturated carbocycles. The minimum atomic E-state index is -0.743. The van der Waals surface area contributed by atoms with E-state index in [0.29, 0.717) is 6.42 Å². The molecule has 2 heteroatoms. The average Bonchev–Trinajstić information content (AvgIpc) is 2.28. The molecule has 0 saturated heterocycles. The van der Waals surface area contributed by atoms with E-state index in [2.05, 4.69) is 25.1 Å². The molecule has 0 fully saturated rings. The summed E-state index contributed by atoms with van der Waals surface area (Å²) in [7, 11) is 0. The van der Waals surface area contributed by atoms with Gasteiger partial charge in [-0.15, -0.1) is 0 Å². The van der Waals surface area contributed by atoms with Gasteiger partial charge in [0.25, 0.3) is 0 Å². The van der Waals surface area contributed by atoms with Crippen molar-refractivity contribution in [2.45, 2.75) is 19.8 Å². The van der Waals surface area contributed by atoms with Gasteiger partial charge in [0, 0.05) is 6.42 Å². The Morgan fingerprint density at radius 1 is 1.19 bits per heavy atom. The van der Waals surface area contributed by atoms with Gasteiger partial charge < -0.3 is 5.11 Å². The Kier molecular flexibility index (Phi) is 2.91. The summed E-state index contributed by atoms with van der Waals surface area (Å²) in [6.45, 7) is 2.06. The molecular formula is C14H14O2. The fourth-order valence-electron chi connectivity index (χ4n) is 1.98. The Balaban J connectivity index is 2.40. The Labute approximate surface area is 94.5 Å². The molecule has 0 radical (unpaired) electrons. The van der Waals surface area contributed by atoms with Crippen LogP contribution in [0.4, 0.5) is 0 Å². The standard InChI is InChI=1S/C14H14O2/c1-10-11(8-9-14(15)16)6-7-12-4-2-3-5-13(10)12/h2-7H,8-9H2,1H3,(H,15,16). The van der Waals surface area contributed by atoms with Crippen LogP contribution < -0.4 is 0 Å². The summed E-state index contributed by atoms with van der Waals surface area (Å²) in [5.41, 5.74) is 2.32. The first-order valence-electron chi connectivity index (χ1n) is 5.37. The molecule has 1 N–H and O–H groups in total. The second-order valence-corrected chi connectivity index (χ2v) is 3.96. The highest BCUT2D eigenvalue weighted by molar-refractivity contribution is 5.86. The monoisotopic (exact) mass is 214 g/mol. The fourth-order valence-corrected chi connectivity index (χ4v) is 1.98. The number of carbonyl (C=O) groups is 1. The second-order valence-electron chi connectivity index (χ2n) is 3.96. The number of rotatable bonds is 3. The third-order valence-electron chi connectivity index (χ3n) is 2.92. The number of fused-ring (bicyclic) bond motifs is 1. The Bertz CT molecular complexity index is 529. The lowest BCUT2D eigenvalue weighted by atomic mass is 9.97. The van der Waals surface area contributed by atoms with Gasteiger partial charge in [0.1, 0.15) is 0 Å². The van der Waals surface area contributed by atoms with Crippen molar-refractivity contribution in [3.05, 3.63) is 47.5 Å². The van der Waals surface area contributed by atoms with Crippen LogP contribution in [0.5, 0.6) is 0 Å². The molecule has 2 aromatic carbocycles. The van der Waals surface area contributed by atoms with Crippen LogP contribution in [0, 0.1) is 6.92 Å². The molecule has 2 aromatic rings. The van der Waals surface area contributed by atoms with Crippen molar-refractivity contribution in [2.75, 3.05) is 0 Å². The van der Waals surface area contributed by atoms with Crippen molar-refractivity contribution in [1.29, 1.82) is 0 Å². The molecular weight excluding hydrogens is 200 g/mol. The van der Waals surface area contributed by atoms with Gasteiger partial charge in [-0.3, -0.25) is 4.79 Å². The lowest BCUT2D eigenvalue weighted by molar-refractivity contribution is -0.136. The first-order chi connectivity index (χ1) is 7.68. The Hall–Kier alpha value is -1.83. The number of benzene rings is 2. The van der Waals surface area contributed by atoms with Gasteiger partial charge in [-0.05, 0) is 35.2 Å². The summed E-state index contributed by atoms with van der Waals surface area (Å²) in [6.07, 6.45) is 0.797. The van der Waals surface area contributed by atoms with Gasteiger partial charge in [0.15, 0.2) is 0 Å². The van der Waals surface area contributed by atoms with E-state index in [-0.39, 0.29) is 6.42 Å². The van der Waals surface area contributed by atoms with Crippen LogP contribution in [0.25, 0.3) is 10.8 Å². The van der Waals surface area contributed by atoms with E-state index in [0.717, 1.165) is 5.56 Å². The molecule has 0 aliphatic carbocycles. The summed E-state index contributed by atoms with van der Waals surface area (Å²) in [4.78, 5) is 10.5. The number of carboxylic acids is 1. The van der Waals surface area contributed by atoms with Crippen molar-refractivity contribution in [2.24, 2.45) is 0 Å². The summed E-state index contributed by atoms with van der Waals surface area (Å²) in [5.74, 6) is -0.743. The number of hydrogen-bond donors (Lipinski definition) is 1. The third kappa shape index (κ3) is 2.06. The SMILES string of the molecule is Cc1c(CCC(=O)O)ccc2ccccc12. The van der Waals surface area contributed by atoms with Gasteiger partial charge >= 0.3 is 5.97 Å². The molecule has 82 valence electrons. The van der Waals surface area contributed by atoms with Crippen LogP contribution in [0.1, 0.15) is 17.5 Å². The van der Waals surface area contributed by atoms with Gasteiger partial charge in [-0.2, -0.15) is 0 Å². The van der Waals surface area contributed by atoms with Crippen molar-refractivity contribution < 1.29 is 9.90 Å². The third-order valence-corrected chi connectivity index (χ3v) is 2.92. The van der Waals surface area contributed by atoms with E-state index in [1.165, 1.54) is 16.3 Å². The van der Waals surface area contributed by atoms with Crippen LogP contribution in [0.15, 0.2) is 36.4 Å². The molecule has 0 aliphatic rings. The summed E-state index contributed by atoms with van der Waals surface area (Å²) in [5, 5.41) is 11.1. The molecule has 0 atom stereocenters. The van der Waals surface area contributed by atoms with Gasteiger partial charge in [0.05, 0.1) is 0 Å². The fraction of sp³-hybridized carbons (Fsp3) is 0.214. The van der Waals surface area contributed by atoms with E-state index >= 15 is 0 Å². The molecule has 0 unspecified atom stereocenters. The highest BCUT2D eigenvalue weighted by atomic mass is 16.4. The number of carboxylic acid groups (broad SMARTS) is 1. The molecule has 0 spiro atoms. The number of aryl methyl sites for hydroxylation is 2. The van der Waals surface area contributed by atoms with E-state index in [1.54, 1.807) is 0 Å². The topological polar surface area (TPSA) is 37.3 Å². The van der Waals surface area contributed by atoms with Crippen molar-refractivity contribution in [1.82, 2.24) is 0 Å². The maximum Gasteiger partial charge on any atom is 0.303 e. The first kappa shape index (κ1) is 10.7. The summed E-state index contributed by atoms with van der Waals surface area (Å²) >= 11 is 0. The molecule has 2 nitrogen and oxygen atoms in total. The van der Waals surface area contributed by atoms with Crippen molar-refractivity contribution in [3.63, 3.8) is 0 Å². The van der Waals surface area contributed by atoms with Crippen LogP contribution in [0.2, 0.25) is 0 Å². The van der Waals surface area contributed by atoms with Gasteiger partial charge in [-0.25, -0.2) is 0 Å². The normalized spacial score (nSPS) is 10.6. The minimum absolute atomic E-state index is 0.194. The highest BCUT2D eigenvalue weighted by Gasteiger charge is 2.05. The molecule has 0 heterocycles. The zero-order valence-electron chi connectivity index (χ0n) is 9.23. The van der Waals surface area contributed by atoms with Crippen LogP contribution in [-0.4, -0.2) is 11.1 Å². The van der Waals surface area contributed by atoms with E-state index < -0.39 is 5.97 Å². The largest absolute Gasteiger partial charge is 0.481 e. The number of aliphatic carboxylic acids is 1. The van der Waals surface area contributed by atoms with E-state index in [4.69, 9.17) is 5.11 Å². The molecule has 0 aliphatic heterocycles. The molecule has 0 amide bonds. The maximum absolute atomic E-state index is 10.5. The Morgan fingerprint density at radius 2 is 1.94 bits per heavy atom. The minimum Gasteiger partial charge on any atom is -0.481 e. The second kappa shape index (κ2) is 4.35. The van der Waals surface area contributed by atoms with E-state index in [9.17, 15) is 4.79 Å². The zero-order valence-corrected chi connectivity index (χ0v) is 9.23. The number of hydrogen-bond acceptors (Lipinski definition) is 1. The summed E-state index contributed by atoms with van der Waals surface area (Å²) < 4.78 is 0. The molecule has 2 rings (SSSR count). The van der Waals surface area contributed by atoms with Crippen molar-refractivity contribution in [3.8, 4) is 0 Å².